The van der Waals surface area contributed by atoms with Gasteiger partial charge in [0.15, 0.2) is 0 Å². The molecule has 0 aliphatic heterocycles. The van der Waals surface area contributed by atoms with Crippen LogP contribution in [0.1, 0.15) is 53.4 Å². The van der Waals surface area contributed by atoms with Crippen molar-refractivity contribution in [2.24, 2.45) is 17.6 Å². The van der Waals surface area contributed by atoms with Crippen LogP contribution < -0.4 is 5.73 Å². The average Bonchev–Trinajstić information content (AvgIpc) is 2.15. The maximum atomic E-state index is 6.10. The Labute approximate surface area is 102 Å². The molecule has 0 saturated heterocycles. The van der Waals surface area contributed by atoms with Gasteiger partial charge < -0.3 is 5.73 Å². The molecule has 2 nitrogen and oxygen atoms in total. The van der Waals surface area contributed by atoms with Crippen LogP contribution in [0.3, 0.4) is 0 Å². The van der Waals surface area contributed by atoms with Gasteiger partial charge in [0.05, 0.1) is 0 Å². The highest BCUT2D eigenvalue weighted by atomic mass is 15.2. The van der Waals surface area contributed by atoms with Crippen molar-refractivity contribution in [2.45, 2.75) is 65.5 Å². The fourth-order valence-electron chi connectivity index (χ4n) is 2.84. The molecule has 2 heteroatoms. The summed E-state index contributed by atoms with van der Waals surface area (Å²) in [6.07, 6.45) is 5.11. The number of rotatable bonds is 5. The molecular formula is C14H30N2. The molecule has 2 N–H and O–H groups in total. The Kier molecular flexibility index (Phi) is 5.77. The van der Waals surface area contributed by atoms with E-state index in [9.17, 15) is 0 Å². The van der Waals surface area contributed by atoms with Crippen molar-refractivity contribution in [2.75, 3.05) is 13.1 Å². The zero-order valence-electron chi connectivity index (χ0n) is 11.6. The molecule has 0 heterocycles. The van der Waals surface area contributed by atoms with E-state index in [-0.39, 0.29) is 0 Å². The van der Waals surface area contributed by atoms with Crippen LogP contribution in [0.4, 0.5) is 0 Å². The summed E-state index contributed by atoms with van der Waals surface area (Å²) < 4.78 is 0. The van der Waals surface area contributed by atoms with Crippen molar-refractivity contribution in [3.8, 4) is 0 Å². The van der Waals surface area contributed by atoms with Crippen LogP contribution in [0.25, 0.3) is 0 Å². The third-order valence-electron chi connectivity index (χ3n) is 3.40. The first kappa shape index (κ1) is 14.0. The second kappa shape index (κ2) is 6.61. The van der Waals surface area contributed by atoms with E-state index in [4.69, 9.17) is 5.73 Å². The summed E-state index contributed by atoms with van der Waals surface area (Å²) in [4.78, 5) is 2.69. The van der Waals surface area contributed by atoms with Gasteiger partial charge in [0.25, 0.3) is 0 Å². The van der Waals surface area contributed by atoms with Gasteiger partial charge in [-0.1, -0.05) is 34.1 Å². The Balaban J connectivity index is 2.52. The summed E-state index contributed by atoms with van der Waals surface area (Å²) in [5, 5.41) is 0. The molecule has 96 valence electrons. The van der Waals surface area contributed by atoms with Crippen molar-refractivity contribution in [1.29, 1.82) is 0 Å². The van der Waals surface area contributed by atoms with Gasteiger partial charge in [0.2, 0.25) is 0 Å². The molecule has 1 saturated carbocycles. The Hall–Kier alpha value is -0.0800. The van der Waals surface area contributed by atoms with Gasteiger partial charge in [0, 0.05) is 25.2 Å². The molecule has 0 amide bonds. The van der Waals surface area contributed by atoms with E-state index >= 15 is 0 Å². The standard InChI is InChI=1S/C14H30N2/c1-11(2)9-16(10-12(3)4)14-7-5-6-13(15)8-14/h11-14H,5-10,15H2,1-4H3. The van der Waals surface area contributed by atoms with Crippen LogP contribution in [0.15, 0.2) is 0 Å². The Morgan fingerprint density at radius 2 is 1.62 bits per heavy atom. The fraction of sp³-hybridized carbons (Fsp3) is 1.00. The van der Waals surface area contributed by atoms with E-state index < -0.39 is 0 Å². The smallest absolute Gasteiger partial charge is 0.0110 e. The van der Waals surface area contributed by atoms with Crippen LogP contribution in [-0.2, 0) is 0 Å². The molecule has 1 fully saturated rings. The van der Waals surface area contributed by atoms with Crippen LogP contribution in [-0.4, -0.2) is 30.1 Å². The topological polar surface area (TPSA) is 29.3 Å². The molecule has 0 radical (unpaired) electrons. The van der Waals surface area contributed by atoms with Gasteiger partial charge in [-0.25, -0.2) is 0 Å². The van der Waals surface area contributed by atoms with E-state index in [1.54, 1.807) is 0 Å². The first-order valence-electron chi connectivity index (χ1n) is 6.98. The minimum Gasteiger partial charge on any atom is -0.328 e. The molecule has 1 rings (SSSR count). The minimum atomic E-state index is 0.445. The second-order valence-corrected chi connectivity index (χ2v) is 6.32. The van der Waals surface area contributed by atoms with E-state index in [0.717, 1.165) is 17.9 Å². The quantitative estimate of drug-likeness (QED) is 0.781. The number of nitrogens with zero attached hydrogens (tertiary/aromatic N) is 1. The van der Waals surface area contributed by atoms with Crippen molar-refractivity contribution in [3.05, 3.63) is 0 Å². The summed E-state index contributed by atoms with van der Waals surface area (Å²) in [5.41, 5.74) is 6.10. The van der Waals surface area contributed by atoms with Crippen LogP contribution in [0.5, 0.6) is 0 Å². The lowest BCUT2D eigenvalue weighted by molar-refractivity contribution is 0.118. The molecule has 2 unspecified atom stereocenters. The molecule has 0 spiro atoms. The zero-order chi connectivity index (χ0) is 12.1. The highest BCUT2D eigenvalue weighted by Gasteiger charge is 2.25. The molecule has 0 aromatic carbocycles. The third-order valence-corrected chi connectivity index (χ3v) is 3.40. The number of hydrogen-bond donors (Lipinski definition) is 1. The van der Waals surface area contributed by atoms with Crippen molar-refractivity contribution in [3.63, 3.8) is 0 Å². The minimum absolute atomic E-state index is 0.445. The second-order valence-electron chi connectivity index (χ2n) is 6.32. The molecule has 0 bridgehead atoms. The van der Waals surface area contributed by atoms with Crippen LogP contribution in [0.2, 0.25) is 0 Å². The van der Waals surface area contributed by atoms with Crippen molar-refractivity contribution < 1.29 is 0 Å². The summed E-state index contributed by atoms with van der Waals surface area (Å²) in [6, 6.07) is 1.19. The Morgan fingerprint density at radius 1 is 1.06 bits per heavy atom. The highest BCUT2D eigenvalue weighted by molar-refractivity contribution is 4.83. The summed E-state index contributed by atoms with van der Waals surface area (Å²) in [7, 11) is 0. The van der Waals surface area contributed by atoms with Gasteiger partial charge >= 0.3 is 0 Å². The SMILES string of the molecule is CC(C)CN(CC(C)C)C1CCCC(N)C1. The maximum Gasteiger partial charge on any atom is 0.0110 e. The zero-order valence-corrected chi connectivity index (χ0v) is 11.6. The molecule has 0 aromatic rings. The predicted octanol–water partition coefficient (Wildman–Crippen LogP) is 2.87. The number of nitrogens with two attached hydrogens (primary N) is 1. The number of hydrogen-bond acceptors (Lipinski definition) is 2. The lowest BCUT2D eigenvalue weighted by Crippen LogP contribution is -2.45. The average molecular weight is 226 g/mol. The van der Waals surface area contributed by atoms with Gasteiger partial charge in [-0.05, 0) is 31.1 Å². The van der Waals surface area contributed by atoms with E-state index in [1.807, 2.05) is 0 Å². The first-order chi connectivity index (χ1) is 7.49. The molecule has 16 heavy (non-hydrogen) atoms. The van der Waals surface area contributed by atoms with E-state index in [0.29, 0.717) is 6.04 Å². The monoisotopic (exact) mass is 226 g/mol. The highest BCUT2D eigenvalue weighted by Crippen LogP contribution is 2.23. The van der Waals surface area contributed by atoms with Crippen LogP contribution >= 0.6 is 0 Å². The lowest BCUT2D eigenvalue weighted by atomic mass is 9.89. The first-order valence-corrected chi connectivity index (χ1v) is 6.98. The molecule has 0 aromatic heterocycles. The predicted molar refractivity (Wildman–Crippen MR) is 71.5 cm³/mol. The van der Waals surface area contributed by atoms with E-state index in [1.165, 1.54) is 38.8 Å². The largest absolute Gasteiger partial charge is 0.328 e. The fourth-order valence-corrected chi connectivity index (χ4v) is 2.84. The maximum absolute atomic E-state index is 6.10. The molecular weight excluding hydrogens is 196 g/mol. The Morgan fingerprint density at radius 3 is 2.06 bits per heavy atom. The third kappa shape index (κ3) is 4.84. The Bertz CT molecular complexity index is 179. The van der Waals surface area contributed by atoms with Gasteiger partial charge in [-0.15, -0.1) is 0 Å². The van der Waals surface area contributed by atoms with Gasteiger partial charge in [-0.3, -0.25) is 4.90 Å². The summed E-state index contributed by atoms with van der Waals surface area (Å²) >= 11 is 0. The summed E-state index contributed by atoms with van der Waals surface area (Å²) in [6.45, 7) is 11.7. The summed E-state index contributed by atoms with van der Waals surface area (Å²) in [5.74, 6) is 1.52. The van der Waals surface area contributed by atoms with E-state index in [2.05, 4.69) is 32.6 Å². The normalized spacial score (nSPS) is 27.0. The van der Waals surface area contributed by atoms with Gasteiger partial charge in [-0.2, -0.15) is 0 Å². The molecule has 2 atom stereocenters. The lowest BCUT2D eigenvalue weighted by Gasteiger charge is -2.38. The van der Waals surface area contributed by atoms with Crippen molar-refractivity contribution >= 4 is 0 Å². The molecule has 1 aliphatic carbocycles. The van der Waals surface area contributed by atoms with Gasteiger partial charge in [0.1, 0.15) is 0 Å². The molecule has 1 aliphatic rings. The van der Waals surface area contributed by atoms with Crippen LogP contribution in [0, 0.1) is 11.8 Å². The van der Waals surface area contributed by atoms with Crippen molar-refractivity contribution in [1.82, 2.24) is 4.90 Å².